The largest absolute Gasteiger partial charge is 0.467 e. The van der Waals surface area contributed by atoms with Crippen molar-refractivity contribution < 1.29 is 41.8 Å². The lowest BCUT2D eigenvalue weighted by atomic mass is 10.2. The van der Waals surface area contributed by atoms with E-state index in [-0.39, 0.29) is 11.3 Å². The fourth-order valence-electron chi connectivity index (χ4n) is 2.53. The third-order valence-corrected chi connectivity index (χ3v) is 5.97. The van der Waals surface area contributed by atoms with Crippen LogP contribution in [-0.4, -0.2) is 59.9 Å². The molecule has 10 nitrogen and oxygen atoms in total. The molecular weight excluding hydrogens is 501 g/mol. The summed E-state index contributed by atoms with van der Waals surface area (Å²) in [5.74, 6) is -2.03. The summed E-state index contributed by atoms with van der Waals surface area (Å²) in [4.78, 5) is 51.6. The number of amides is 3. The number of alkyl halides is 3. The summed E-state index contributed by atoms with van der Waals surface area (Å²) in [5, 5.41) is 6.09. The predicted molar refractivity (Wildman–Crippen MR) is 118 cm³/mol. The van der Waals surface area contributed by atoms with Crippen LogP contribution in [0.5, 0.6) is 0 Å². The minimum atomic E-state index is -5.03. The zero-order valence-corrected chi connectivity index (χ0v) is 20.3. The van der Waals surface area contributed by atoms with Crippen LogP contribution in [-0.2, 0) is 25.2 Å². The van der Waals surface area contributed by atoms with E-state index >= 15 is 0 Å². The first-order valence-corrected chi connectivity index (χ1v) is 11.6. The number of methoxy groups -OCH3 is 1. The summed E-state index contributed by atoms with van der Waals surface area (Å²) in [6.07, 6.45) is -3.68. The average molecular weight is 525 g/mol. The van der Waals surface area contributed by atoms with Crippen LogP contribution in [0.3, 0.4) is 0 Å². The number of carbonyl (C=O) groups is 4. The molecule has 3 amide bonds. The molecule has 1 aliphatic heterocycles. The number of anilines is 1. The Morgan fingerprint density at radius 1 is 1.18 bits per heavy atom. The van der Waals surface area contributed by atoms with Crippen molar-refractivity contribution in [2.75, 3.05) is 24.7 Å². The molecule has 188 valence electrons. The van der Waals surface area contributed by atoms with Crippen molar-refractivity contribution in [3.8, 4) is 0 Å². The number of esters is 1. The van der Waals surface area contributed by atoms with Crippen molar-refractivity contribution in [1.29, 1.82) is 0 Å². The molecule has 0 fully saturated rings. The van der Waals surface area contributed by atoms with Gasteiger partial charge in [-0.1, -0.05) is 17.4 Å². The molecule has 0 radical (unpaired) electrons. The number of nitrogens with one attached hydrogen (secondary N) is 3. The number of halogens is 3. The number of carbonyl (C=O) groups excluding carboxylic acids is 4. The highest BCUT2D eigenvalue weighted by molar-refractivity contribution is 8.04. The molecule has 1 aliphatic rings. The van der Waals surface area contributed by atoms with Gasteiger partial charge in [0, 0.05) is 12.3 Å². The van der Waals surface area contributed by atoms with Crippen LogP contribution in [0.2, 0.25) is 0 Å². The minimum absolute atomic E-state index is 0.248. The van der Waals surface area contributed by atoms with E-state index in [1.165, 1.54) is 11.8 Å². The molecule has 0 aliphatic carbocycles. The number of aromatic nitrogens is 1. The Labute approximate surface area is 201 Å². The Hall–Kier alpha value is -2.81. The van der Waals surface area contributed by atoms with Gasteiger partial charge in [-0.15, -0.1) is 11.8 Å². The molecule has 3 N–H and O–H groups in total. The summed E-state index contributed by atoms with van der Waals surface area (Å²) in [7, 11) is 1.02. The van der Waals surface area contributed by atoms with Gasteiger partial charge in [0.15, 0.2) is 10.8 Å². The Balaban J connectivity index is 2.19. The number of allylic oxidation sites excluding steroid dienone is 1. The average Bonchev–Trinajstić information content (AvgIpc) is 3.38. The normalized spacial score (nSPS) is 14.6. The first-order chi connectivity index (χ1) is 15.7. The second-order valence-corrected chi connectivity index (χ2v) is 9.92. The Kier molecular flexibility index (Phi) is 8.94. The first kappa shape index (κ1) is 27.4. The fourth-order valence-corrected chi connectivity index (χ4v) is 4.30. The van der Waals surface area contributed by atoms with Crippen LogP contribution in [0.4, 0.5) is 23.1 Å². The molecule has 1 atom stereocenters. The molecule has 34 heavy (non-hydrogen) atoms. The fraction of sp³-hybridized carbons (Fsp3) is 0.526. The van der Waals surface area contributed by atoms with E-state index in [1.807, 2.05) is 0 Å². The van der Waals surface area contributed by atoms with Gasteiger partial charge >= 0.3 is 18.2 Å². The molecule has 0 unspecified atom stereocenters. The van der Waals surface area contributed by atoms with Gasteiger partial charge in [0.25, 0.3) is 11.8 Å². The van der Waals surface area contributed by atoms with Crippen LogP contribution >= 0.6 is 23.1 Å². The number of rotatable bonds is 7. The van der Waals surface area contributed by atoms with Crippen molar-refractivity contribution in [3.05, 3.63) is 21.6 Å². The SMILES string of the molecule is COC(=O)[C@H](CNC(=O)C1=CCCS1)NC(=O)c1sc(NC(=O)OC(C)(C)C)nc1C(F)(F)F. The van der Waals surface area contributed by atoms with Gasteiger partial charge in [-0.2, -0.15) is 13.2 Å². The van der Waals surface area contributed by atoms with E-state index in [4.69, 9.17) is 4.74 Å². The summed E-state index contributed by atoms with van der Waals surface area (Å²) in [6, 6.07) is -1.47. The van der Waals surface area contributed by atoms with Crippen molar-refractivity contribution in [3.63, 3.8) is 0 Å². The van der Waals surface area contributed by atoms with E-state index in [2.05, 4.69) is 25.7 Å². The molecular formula is C19H23F3N4O6S2. The van der Waals surface area contributed by atoms with Crippen molar-refractivity contribution in [1.82, 2.24) is 15.6 Å². The van der Waals surface area contributed by atoms with Gasteiger partial charge in [0.2, 0.25) is 0 Å². The molecule has 0 saturated heterocycles. The standard InChI is InChI=1S/C19H23F3N4O6S2/c1-18(2,3)32-17(30)26-16-25-12(19(20,21)22)11(34-16)14(28)24-9(15(29)31-4)8-23-13(27)10-6-5-7-33-10/h6,9H,5,7-8H2,1-4H3,(H,23,27)(H,24,28)(H,25,26,30)/t9-/m0/s1. The summed E-state index contributed by atoms with van der Waals surface area (Å²) in [5.41, 5.74) is -2.47. The van der Waals surface area contributed by atoms with Gasteiger partial charge in [0.1, 0.15) is 16.5 Å². The molecule has 0 spiro atoms. The van der Waals surface area contributed by atoms with Crippen molar-refractivity contribution in [2.24, 2.45) is 0 Å². The highest BCUT2D eigenvalue weighted by Gasteiger charge is 2.41. The smallest absolute Gasteiger partial charge is 0.435 e. The zero-order chi connectivity index (χ0) is 25.7. The van der Waals surface area contributed by atoms with E-state index < -0.39 is 63.9 Å². The van der Waals surface area contributed by atoms with Crippen LogP contribution in [0.1, 0.15) is 42.6 Å². The molecule has 2 heterocycles. The second-order valence-electron chi connectivity index (χ2n) is 7.79. The van der Waals surface area contributed by atoms with Crippen LogP contribution in [0.25, 0.3) is 0 Å². The van der Waals surface area contributed by atoms with Crippen LogP contribution < -0.4 is 16.0 Å². The Bertz CT molecular complexity index is 988. The van der Waals surface area contributed by atoms with Gasteiger partial charge in [-0.25, -0.2) is 14.6 Å². The van der Waals surface area contributed by atoms with Crippen molar-refractivity contribution >= 4 is 52.1 Å². The van der Waals surface area contributed by atoms with E-state index in [9.17, 15) is 32.3 Å². The second kappa shape index (κ2) is 11.1. The highest BCUT2D eigenvalue weighted by Crippen LogP contribution is 2.36. The Morgan fingerprint density at radius 2 is 1.85 bits per heavy atom. The highest BCUT2D eigenvalue weighted by atomic mass is 32.2. The van der Waals surface area contributed by atoms with Gasteiger partial charge in [0.05, 0.1) is 12.0 Å². The van der Waals surface area contributed by atoms with Gasteiger partial charge in [-0.3, -0.25) is 14.9 Å². The third-order valence-electron chi connectivity index (χ3n) is 3.90. The third kappa shape index (κ3) is 7.90. The maximum absolute atomic E-state index is 13.5. The van der Waals surface area contributed by atoms with Crippen LogP contribution in [0.15, 0.2) is 11.0 Å². The quantitative estimate of drug-likeness (QED) is 0.464. The lowest BCUT2D eigenvalue weighted by Crippen LogP contribution is -2.49. The Morgan fingerprint density at radius 3 is 2.38 bits per heavy atom. The summed E-state index contributed by atoms with van der Waals surface area (Å²) >= 11 is 1.56. The maximum Gasteiger partial charge on any atom is 0.435 e. The van der Waals surface area contributed by atoms with E-state index in [0.717, 1.165) is 12.9 Å². The first-order valence-electron chi connectivity index (χ1n) is 9.79. The van der Waals surface area contributed by atoms with Gasteiger partial charge < -0.3 is 20.1 Å². The molecule has 0 bridgehead atoms. The van der Waals surface area contributed by atoms with Gasteiger partial charge in [-0.05, 0) is 27.2 Å². The lowest BCUT2D eigenvalue weighted by Gasteiger charge is -2.18. The monoisotopic (exact) mass is 524 g/mol. The number of thioether (sulfide) groups is 1. The molecule has 2 rings (SSSR count). The number of thiazole rings is 1. The van der Waals surface area contributed by atoms with E-state index in [1.54, 1.807) is 26.8 Å². The molecule has 15 heteroatoms. The molecule has 0 saturated carbocycles. The number of hydrogen-bond acceptors (Lipinski definition) is 9. The maximum atomic E-state index is 13.5. The number of nitrogens with zero attached hydrogens (tertiary/aromatic N) is 1. The number of hydrogen-bond donors (Lipinski definition) is 3. The number of ether oxygens (including phenoxy) is 2. The van der Waals surface area contributed by atoms with E-state index in [0.29, 0.717) is 11.3 Å². The van der Waals surface area contributed by atoms with Crippen molar-refractivity contribution in [2.45, 2.75) is 45.0 Å². The van der Waals surface area contributed by atoms with Crippen LogP contribution in [0, 0.1) is 0 Å². The topological polar surface area (TPSA) is 136 Å². The zero-order valence-electron chi connectivity index (χ0n) is 18.6. The lowest BCUT2D eigenvalue weighted by molar-refractivity contribution is -0.142. The molecule has 1 aromatic heterocycles. The minimum Gasteiger partial charge on any atom is -0.467 e. The summed E-state index contributed by atoms with van der Waals surface area (Å²) in [6.45, 7) is 4.25. The predicted octanol–water partition coefficient (Wildman–Crippen LogP) is 2.92. The molecule has 0 aromatic carbocycles. The molecule has 1 aromatic rings. The summed E-state index contributed by atoms with van der Waals surface area (Å²) < 4.78 is 50.0.